The second-order valence-corrected chi connectivity index (χ2v) is 7.78. The maximum absolute atomic E-state index is 12.9. The molecule has 0 radical (unpaired) electrons. The summed E-state index contributed by atoms with van der Waals surface area (Å²) in [7, 11) is 0. The molecule has 158 valence electrons. The zero-order valence-corrected chi connectivity index (χ0v) is 17.6. The lowest BCUT2D eigenvalue weighted by Crippen LogP contribution is -2.49. The van der Waals surface area contributed by atoms with E-state index in [4.69, 9.17) is 11.6 Å². The second kappa shape index (κ2) is 8.69. The third kappa shape index (κ3) is 4.49. The van der Waals surface area contributed by atoms with Gasteiger partial charge in [0.25, 0.3) is 11.6 Å². The normalized spacial score (nSPS) is 13.9. The van der Waals surface area contributed by atoms with Crippen molar-refractivity contribution in [1.82, 2.24) is 15.1 Å². The highest BCUT2D eigenvalue weighted by Crippen LogP contribution is 2.25. The van der Waals surface area contributed by atoms with Crippen LogP contribution in [-0.4, -0.2) is 52.1 Å². The number of carbonyl (C=O) groups is 1. The van der Waals surface area contributed by atoms with Crippen molar-refractivity contribution in [3.05, 3.63) is 80.9 Å². The van der Waals surface area contributed by atoms with E-state index >= 15 is 0 Å². The van der Waals surface area contributed by atoms with E-state index in [1.807, 2.05) is 48.2 Å². The molecular formula is C22H20ClN5O3. The predicted octanol–water partition coefficient (Wildman–Crippen LogP) is 3.98. The number of piperazine rings is 1. The van der Waals surface area contributed by atoms with Gasteiger partial charge in [-0.25, -0.2) is 0 Å². The van der Waals surface area contributed by atoms with E-state index in [-0.39, 0.29) is 16.3 Å². The number of nitro groups is 1. The van der Waals surface area contributed by atoms with Gasteiger partial charge in [-0.1, -0.05) is 41.4 Å². The fraction of sp³-hybridized carbons (Fsp3) is 0.227. The van der Waals surface area contributed by atoms with Crippen LogP contribution >= 0.6 is 11.6 Å². The van der Waals surface area contributed by atoms with Gasteiger partial charge in [-0.2, -0.15) is 0 Å². The van der Waals surface area contributed by atoms with Crippen molar-refractivity contribution in [1.29, 1.82) is 0 Å². The molecule has 0 saturated carbocycles. The molecule has 0 atom stereocenters. The third-order valence-corrected chi connectivity index (χ3v) is 5.51. The summed E-state index contributed by atoms with van der Waals surface area (Å²) < 4.78 is 0. The van der Waals surface area contributed by atoms with E-state index in [0.717, 1.165) is 17.1 Å². The van der Waals surface area contributed by atoms with Gasteiger partial charge in [0.05, 0.1) is 10.6 Å². The van der Waals surface area contributed by atoms with Crippen molar-refractivity contribution in [2.24, 2.45) is 0 Å². The number of nitrogens with zero attached hydrogens (tertiary/aromatic N) is 5. The Morgan fingerprint density at radius 1 is 1.00 bits per heavy atom. The van der Waals surface area contributed by atoms with Crippen LogP contribution in [0.25, 0.3) is 11.3 Å². The van der Waals surface area contributed by atoms with Crippen molar-refractivity contribution in [2.45, 2.75) is 6.92 Å². The number of rotatable bonds is 4. The van der Waals surface area contributed by atoms with E-state index in [2.05, 4.69) is 10.2 Å². The SMILES string of the molecule is Cc1ccc(-c2ccc(N3CCN(C(=O)c4cc(Cl)ccc4[N+](=O)[O-])CC3)nn2)cc1. The van der Waals surface area contributed by atoms with Crippen molar-refractivity contribution < 1.29 is 9.72 Å². The Bertz CT molecular complexity index is 1110. The van der Waals surface area contributed by atoms with Crippen LogP contribution < -0.4 is 4.90 Å². The largest absolute Gasteiger partial charge is 0.352 e. The van der Waals surface area contributed by atoms with Gasteiger partial charge in [0.1, 0.15) is 5.56 Å². The van der Waals surface area contributed by atoms with Gasteiger partial charge in [-0.05, 0) is 31.2 Å². The minimum Gasteiger partial charge on any atom is -0.352 e. The number of aromatic nitrogens is 2. The number of nitro benzene ring substituents is 1. The molecule has 8 nitrogen and oxygen atoms in total. The first-order chi connectivity index (χ1) is 14.9. The van der Waals surface area contributed by atoms with E-state index in [1.165, 1.54) is 23.8 Å². The number of amides is 1. The molecule has 4 rings (SSSR count). The number of anilines is 1. The zero-order chi connectivity index (χ0) is 22.0. The van der Waals surface area contributed by atoms with E-state index in [0.29, 0.717) is 26.2 Å². The van der Waals surface area contributed by atoms with Gasteiger partial charge >= 0.3 is 0 Å². The summed E-state index contributed by atoms with van der Waals surface area (Å²) in [6.45, 7) is 3.98. The Labute approximate surface area is 184 Å². The van der Waals surface area contributed by atoms with E-state index < -0.39 is 10.8 Å². The Balaban J connectivity index is 1.43. The summed E-state index contributed by atoms with van der Waals surface area (Å²) in [5.41, 5.74) is 2.75. The molecule has 0 spiro atoms. The molecule has 9 heteroatoms. The quantitative estimate of drug-likeness (QED) is 0.453. The summed E-state index contributed by atoms with van der Waals surface area (Å²) in [4.78, 5) is 27.2. The van der Waals surface area contributed by atoms with Crippen LogP contribution in [0.1, 0.15) is 15.9 Å². The maximum Gasteiger partial charge on any atom is 0.282 e. The molecule has 31 heavy (non-hydrogen) atoms. The highest BCUT2D eigenvalue weighted by Gasteiger charge is 2.28. The average Bonchev–Trinajstić information content (AvgIpc) is 2.79. The summed E-state index contributed by atoms with van der Waals surface area (Å²) in [6.07, 6.45) is 0. The van der Waals surface area contributed by atoms with Crippen LogP contribution in [-0.2, 0) is 0 Å². The molecule has 3 aromatic rings. The molecule has 1 amide bonds. The van der Waals surface area contributed by atoms with Gasteiger partial charge in [0, 0.05) is 42.8 Å². The lowest BCUT2D eigenvalue weighted by Gasteiger charge is -2.35. The molecule has 2 aromatic carbocycles. The molecular weight excluding hydrogens is 418 g/mol. The van der Waals surface area contributed by atoms with Crippen LogP contribution in [0.5, 0.6) is 0 Å². The smallest absolute Gasteiger partial charge is 0.282 e. The van der Waals surface area contributed by atoms with Crippen LogP contribution in [0.4, 0.5) is 11.5 Å². The number of hydrogen-bond donors (Lipinski definition) is 0. The Hall–Kier alpha value is -3.52. The van der Waals surface area contributed by atoms with Crippen molar-refractivity contribution in [2.75, 3.05) is 31.1 Å². The molecule has 1 aromatic heterocycles. The van der Waals surface area contributed by atoms with Gasteiger partial charge in [0.15, 0.2) is 5.82 Å². The summed E-state index contributed by atoms with van der Waals surface area (Å²) in [5.74, 6) is 0.339. The molecule has 1 aliphatic rings. The van der Waals surface area contributed by atoms with Gasteiger partial charge in [-0.3, -0.25) is 14.9 Å². The predicted molar refractivity (Wildman–Crippen MR) is 118 cm³/mol. The topological polar surface area (TPSA) is 92.5 Å². The third-order valence-electron chi connectivity index (χ3n) is 5.27. The van der Waals surface area contributed by atoms with Crippen LogP contribution in [0, 0.1) is 17.0 Å². The molecule has 0 bridgehead atoms. The first kappa shape index (κ1) is 20.7. The molecule has 0 aliphatic carbocycles. The molecule has 0 unspecified atom stereocenters. The zero-order valence-electron chi connectivity index (χ0n) is 16.9. The lowest BCUT2D eigenvalue weighted by molar-refractivity contribution is -0.385. The molecule has 2 heterocycles. The minimum absolute atomic E-state index is 0.00759. The van der Waals surface area contributed by atoms with E-state index in [9.17, 15) is 14.9 Å². The van der Waals surface area contributed by atoms with Crippen LogP contribution in [0.2, 0.25) is 5.02 Å². The standard InChI is InChI=1S/C22H20ClN5O3/c1-15-2-4-16(5-3-15)19-7-9-21(25-24-19)26-10-12-27(13-11-26)22(29)18-14-17(23)6-8-20(18)28(30)31/h2-9,14H,10-13H2,1H3. The molecule has 1 aliphatic heterocycles. The highest BCUT2D eigenvalue weighted by molar-refractivity contribution is 6.31. The number of halogens is 1. The number of benzene rings is 2. The summed E-state index contributed by atoms with van der Waals surface area (Å²) in [6, 6.07) is 16.0. The van der Waals surface area contributed by atoms with E-state index in [1.54, 1.807) is 4.90 Å². The average molecular weight is 438 g/mol. The highest BCUT2D eigenvalue weighted by atomic mass is 35.5. The molecule has 1 fully saturated rings. The van der Waals surface area contributed by atoms with Gasteiger partial charge in [-0.15, -0.1) is 10.2 Å². The number of carbonyl (C=O) groups excluding carboxylic acids is 1. The van der Waals surface area contributed by atoms with Crippen LogP contribution in [0.15, 0.2) is 54.6 Å². The minimum atomic E-state index is -0.564. The van der Waals surface area contributed by atoms with Crippen molar-refractivity contribution >= 4 is 29.0 Å². The van der Waals surface area contributed by atoms with Crippen molar-refractivity contribution in [3.63, 3.8) is 0 Å². The monoisotopic (exact) mass is 437 g/mol. The van der Waals surface area contributed by atoms with Crippen molar-refractivity contribution in [3.8, 4) is 11.3 Å². The fourth-order valence-electron chi connectivity index (χ4n) is 3.52. The Kier molecular flexibility index (Phi) is 5.81. The number of aryl methyl sites for hydroxylation is 1. The summed E-state index contributed by atoms with van der Waals surface area (Å²) >= 11 is 5.96. The number of hydrogen-bond acceptors (Lipinski definition) is 6. The molecule has 0 N–H and O–H groups in total. The van der Waals surface area contributed by atoms with Gasteiger partial charge < -0.3 is 9.80 Å². The Morgan fingerprint density at radius 3 is 2.32 bits per heavy atom. The maximum atomic E-state index is 12.9. The lowest BCUT2D eigenvalue weighted by atomic mass is 10.1. The first-order valence-corrected chi connectivity index (χ1v) is 10.2. The second-order valence-electron chi connectivity index (χ2n) is 7.34. The van der Waals surface area contributed by atoms with Crippen LogP contribution in [0.3, 0.4) is 0 Å². The first-order valence-electron chi connectivity index (χ1n) is 9.81. The summed E-state index contributed by atoms with van der Waals surface area (Å²) in [5, 5.41) is 20.2. The molecule has 1 saturated heterocycles. The van der Waals surface area contributed by atoms with Gasteiger partial charge in [0.2, 0.25) is 0 Å². The fourth-order valence-corrected chi connectivity index (χ4v) is 3.69. The Morgan fingerprint density at radius 2 is 1.71 bits per heavy atom.